The highest BCUT2D eigenvalue weighted by molar-refractivity contribution is 7.90. The van der Waals surface area contributed by atoms with Crippen molar-refractivity contribution >= 4 is 32.5 Å². The van der Waals surface area contributed by atoms with E-state index in [-0.39, 0.29) is 16.3 Å². The van der Waals surface area contributed by atoms with Crippen LogP contribution >= 0.6 is 0 Å². The van der Waals surface area contributed by atoms with E-state index < -0.39 is 15.7 Å². The third-order valence-corrected chi connectivity index (χ3v) is 5.97. The smallest absolute Gasteiger partial charge is 0.275 e. The first-order valence-electron chi connectivity index (χ1n) is 9.71. The molecule has 4 aromatic rings. The Labute approximate surface area is 184 Å². The first-order valence-corrected chi connectivity index (χ1v) is 11.6. The van der Waals surface area contributed by atoms with Gasteiger partial charge in [0.15, 0.2) is 15.4 Å². The molecule has 9 heteroatoms. The number of nitrogens with one attached hydrogen (secondary N) is 1. The molecule has 0 atom stereocenters. The van der Waals surface area contributed by atoms with Crippen LogP contribution in [0.1, 0.15) is 28.7 Å². The van der Waals surface area contributed by atoms with E-state index in [0.717, 1.165) is 18.2 Å². The lowest BCUT2D eigenvalue weighted by atomic mass is 10.1. The summed E-state index contributed by atoms with van der Waals surface area (Å²) in [6.07, 6.45) is 1.91. The van der Waals surface area contributed by atoms with Crippen molar-refractivity contribution in [2.45, 2.75) is 18.2 Å². The first kappa shape index (κ1) is 21.2. The van der Waals surface area contributed by atoms with Crippen molar-refractivity contribution in [3.63, 3.8) is 0 Å². The maximum atomic E-state index is 12.8. The fourth-order valence-corrected chi connectivity index (χ4v) is 3.97. The van der Waals surface area contributed by atoms with Crippen molar-refractivity contribution in [2.75, 3.05) is 11.6 Å². The summed E-state index contributed by atoms with van der Waals surface area (Å²) in [4.78, 5) is 20.9. The van der Waals surface area contributed by atoms with Gasteiger partial charge in [0.1, 0.15) is 23.0 Å². The minimum Gasteiger partial charge on any atom is -0.436 e. The number of nitriles is 1. The Bertz CT molecular complexity index is 1480. The minimum absolute atomic E-state index is 0.0630. The van der Waals surface area contributed by atoms with Gasteiger partial charge in [-0.1, -0.05) is 19.1 Å². The molecule has 2 aromatic heterocycles. The maximum Gasteiger partial charge on any atom is 0.275 e. The standard InChI is InChI=1S/C23H18N4O4S/c1-3-14-4-6-15(7-5-14)23-27-18-10-8-16(12-19(18)31-23)26-22(28)21-20(32(2,29)30)11-9-17(13-24)25-21/h4-12H,3H2,1-2H3,(H,26,28). The highest BCUT2D eigenvalue weighted by Gasteiger charge is 2.22. The summed E-state index contributed by atoms with van der Waals surface area (Å²) in [6, 6.07) is 17.1. The lowest BCUT2D eigenvalue weighted by Crippen LogP contribution is -2.18. The van der Waals surface area contributed by atoms with Gasteiger partial charge in [-0.25, -0.2) is 18.4 Å². The number of pyridine rings is 1. The van der Waals surface area contributed by atoms with Gasteiger partial charge in [0.25, 0.3) is 5.91 Å². The average molecular weight is 446 g/mol. The molecule has 2 heterocycles. The number of hydrogen-bond acceptors (Lipinski definition) is 7. The number of hydrogen-bond donors (Lipinski definition) is 1. The van der Waals surface area contributed by atoms with Crippen LogP contribution in [0.25, 0.3) is 22.6 Å². The van der Waals surface area contributed by atoms with Crippen LogP contribution in [-0.2, 0) is 16.3 Å². The Morgan fingerprint density at radius 1 is 1.09 bits per heavy atom. The molecular formula is C23H18N4O4S. The Morgan fingerprint density at radius 2 is 1.84 bits per heavy atom. The number of oxazole rings is 1. The van der Waals surface area contributed by atoms with Crippen LogP contribution in [-0.4, -0.2) is 30.5 Å². The van der Waals surface area contributed by atoms with Crippen LogP contribution < -0.4 is 5.32 Å². The number of anilines is 1. The van der Waals surface area contributed by atoms with Crippen LogP contribution in [0, 0.1) is 11.3 Å². The summed E-state index contributed by atoms with van der Waals surface area (Å²) in [5.74, 6) is -0.300. The second-order valence-corrected chi connectivity index (χ2v) is 9.12. The summed E-state index contributed by atoms with van der Waals surface area (Å²) in [5.41, 5.74) is 3.07. The van der Waals surface area contributed by atoms with Crippen LogP contribution in [0.2, 0.25) is 0 Å². The van der Waals surface area contributed by atoms with Crippen LogP contribution in [0.15, 0.2) is 63.9 Å². The van der Waals surface area contributed by atoms with E-state index in [1.54, 1.807) is 24.3 Å². The summed E-state index contributed by atoms with van der Waals surface area (Å²) in [5, 5.41) is 11.7. The summed E-state index contributed by atoms with van der Waals surface area (Å²) in [7, 11) is -3.72. The molecular weight excluding hydrogens is 428 g/mol. The second-order valence-electron chi connectivity index (χ2n) is 7.13. The first-order chi connectivity index (χ1) is 15.3. The van der Waals surface area contributed by atoms with E-state index in [2.05, 4.69) is 22.2 Å². The number of rotatable bonds is 5. The summed E-state index contributed by atoms with van der Waals surface area (Å²) >= 11 is 0. The van der Waals surface area contributed by atoms with Gasteiger partial charge in [-0.2, -0.15) is 5.26 Å². The summed E-state index contributed by atoms with van der Waals surface area (Å²) < 4.78 is 29.9. The molecule has 2 aromatic carbocycles. The van der Waals surface area contributed by atoms with Crippen molar-refractivity contribution in [3.8, 4) is 17.5 Å². The second kappa shape index (κ2) is 8.24. The van der Waals surface area contributed by atoms with Crippen molar-refractivity contribution < 1.29 is 17.6 Å². The van der Waals surface area contributed by atoms with Gasteiger partial charge in [-0.05, 0) is 48.4 Å². The highest BCUT2D eigenvalue weighted by atomic mass is 32.2. The van der Waals surface area contributed by atoms with Crippen molar-refractivity contribution in [1.82, 2.24) is 9.97 Å². The number of sulfone groups is 1. The fourth-order valence-electron chi connectivity index (χ4n) is 3.17. The largest absolute Gasteiger partial charge is 0.436 e. The molecule has 0 saturated carbocycles. The summed E-state index contributed by atoms with van der Waals surface area (Å²) in [6.45, 7) is 2.08. The van der Waals surface area contributed by atoms with E-state index in [9.17, 15) is 13.2 Å². The number of aromatic nitrogens is 2. The number of aryl methyl sites for hydroxylation is 1. The third kappa shape index (κ3) is 4.22. The van der Waals surface area contributed by atoms with Gasteiger partial charge in [0.2, 0.25) is 5.89 Å². The van der Waals surface area contributed by atoms with Gasteiger partial charge >= 0.3 is 0 Å². The molecule has 0 unspecified atom stereocenters. The Balaban J connectivity index is 1.65. The van der Waals surface area contributed by atoms with Crippen molar-refractivity contribution in [3.05, 3.63) is 71.5 Å². The Hall–Kier alpha value is -4.03. The molecule has 0 bridgehead atoms. The van der Waals surface area contributed by atoms with Crippen molar-refractivity contribution in [2.24, 2.45) is 0 Å². The number of benzene rings is 2. The number of fused-ring (bicyclic) bond motifs is 1. The molecule has 0 aliphatic rings. The molecule has 1 amide bonds. The number of amides is 1. The number of carbonyl (C=O) groups excluding carboxylic acids is 1. The zero-order valence-electron chi connectivity index (χ0n) is 17.3. The van der Waals surface area contributed by atoms with E-state index >= 15 is 0 Å². The van der Waals surface area contributed by atoms with Gasteiger partial charge < -0.3 is 9.73 Å². The van der Waals surface area contributed by atoms with Crippen molar-refractivity contribution in [1.29, 1.82) is 5.26 Å². The molecule has 0 saturated heterocycles. The molecule has 160 valence electrons. The Kier molecular flexibility index (Phi) is 5.47. The van der Waals surface area contributed by atoms with Gasteiger partial charge in [0.05, 0.1) is 4.90 Å². The normalized spacial score (nSPS) is 11.3. The predicted molar refractivity (Wildman–Crippen MR) is 119 cm³/mol. The number of carbonyl (C=O) groups is 1. The zero-order chi connectivity index (χ0) is 22.9. The molecule has 0 radical (unpaired) electrons. The van der Waals surface area contributed by atoms with Gasteiger partial charge in [-0.3, -0.25) is 4.79 Å². The quantitative estimate of drug-likeness (QED) is 0.491. The predicted octanol–water partition coefficient (Wildman–Crippen LogP) is 3.98. The van der Waals surface area contributed by atoms with Crippen LogP contribution in [0.5, 0.6) is 0 Å². The van der Waals surface area contributed by atoms with E-state index in [1.807, 2.05) is 24.3 Å². The molecule has 0 spiro atoms. The van der Waals surface area contributed by atoms with Gasteiger partial charge in [0, 0.05) is 23.6 Å². The molecule has 8 nitrogen and oxygen atoms in total. The van der Waals surface area contributed by atoms with Gasteiger partial charge in [-0.15, -0.1) is 0 Å². The molecule has 0 aliphatic carbocycles. The SMILES string of the molecule is CCc1ccc(-c2nc3ccc(NC(=O)c4nc(C#N)ccc4S(C)(=O)=O)cc3o2)cc1. The maximum absolute atomic E-state index is 12.8. The molecule has 32 heavy (non-hydrogen) atoms. The average Bonchev–Trinajstić information content (AvgIpc) is 3.21. The zero-order valence-corrected chi connectivity index (χ0v) is 18.1. The molecule has 0 fully saturated rings. The van der Waals surface area contributed by atoms with Crippen LogP contribution in [0.4, 0.5) is 5.69 Å². The monoisotopic (exact) mass is 446 g/mol. The van der Waals surface area contributed by atoms with E-state index in [1.165, 1.54) is 17.7 Å². The molecule has 1 N–H and O–H groups in total. The lowest BCUT2D eigenvalue weighted by molar-refractivity contribution is 0.101. The van der Waals surface area contributed by atoms with E-state index in [4.69, 9.17) is 9.68 Å². The minimum atomic E-state index is -3.72. The molecule has 4 rings (SSSR count). The topological polar surface area (TPSA) is 126 Å². The number of nitrogens with zero attached hydrogens (tertiary/aromatic N) is 3. The third-order valence-electron chi connectivity index (χ3n) is 4.84. The van der Waals surface area contributed by atoms with E-state index in [0.29, 0.717) is 22.7 Å². The lowest BCUT2D eigenvalue weighted by Gasteiger charge is -2.08. The van der Waals surface area contributed by atoms with Crippen LogP contribution in [0.3, 0.4) is 0 Å². The Morgan fingerprint density at radius 3 is 2.50 bits per heavy atom. The highest BCUT2D eigenvalue weighted by Crippen LogP contribution is 2.27. The fraction of sp³-hybridized carbons (Fsp3) is 0.130. The molecule has 0 aliphatic heterocycles.